The van der Waals surface area contributed by atoms with E-state index in [9.17, 15) is 4.79 Å². The third kappa shape index (κ3) is 16.5. The van der Waals surface area contributed by atoms with Gasteiger partial charge in [-0.15, -0.1) is 0 Å². The highest BCUT2D eigenvalue weighted by molar-refractivity contribution is 5.69. The molecular weight excluding hydrogens is 272 g/mol. The number of allylic oxidation sites excluding steroid dienone is 8. The standard InChI is InChI=1S/C20H32O2/c1-3-5-6-7-8-9-10-11-12-13-14-15-16-17-18-19-20(21)22-4-2/h5-6,8-9,11-12,14-15H,3-4,7,10,13,16-19H2,1-2H3/b6-5-,9-8?,12-11-,15-14-. The molecule has 0 spiro atoms. The van der Waals surface area contributed by atoms with E-state index in [1.54, 1.807) is 0 Å². The summed E-state index contributed by atoms with van der Waals surface area (Å²) >= 11 is 0. The number of hydrogen-bond donors (Lipinski definition) is 0. The Bertz CT molecular complexity index is 362. The third-order valence-corrected chi connectivity index (χ3v) is 3.03. The summed E-state index contributed by atoms with van der Waals surface area (Å²) in [5, 5.41) is 0. The van der Waals surface area contributed by atoms with Crippen molar-refractivity contribution in [2.45, 2.75) is 65.2 Å². The Morgan fingerprint density at radius 1 is 0.773 bits per heavy atom. The minimum absolute atomic E-state index is 0.0762. The molecule has 0 aromatic carbocycles. The zero-order chi connectivity index (χ0) is 16.3. The van der Waals surface area contributed by atoms with Crippen LogP contribution in [0, 0.1) is 0 Å². The van der Waals surface area contributed by atoms with Crippen LogP contribution in [0.4, 0.5) is 0 Å². The molecule has 0 saturated carbocycles. The van der Waals surface area contributed by atoms with Gasteiger partial charge in [0.1, 0.15) is 0 Å². The number of carbonyl (C=O) groups is 1. The summed E-state index contributed by atoms with van der Waals surface area (Å²) < 4.78 is 4.89. The minimum Gasteiger partial charge on any atom is -0.466 e. The summed E-state index contributed by atoms with van der Waals surface area (Å²) in [7, 11) is 0. The second-order valence-electron chi connectivity index (χ2n) is 5.05. The predicted octanol–water partition coefficient (Wildman–Crippen LogP) is 5.92. The van der Waals surface area contributed by atoms with Gasteiger partial charge in [-0.2, -0.15) is 0 Å². The van der Waals surface area contributed by atoms with E-state index in [4.69, 9.17) is 4.74 Å². The molecule has 124 valence electrons. The fourth-order valence-corrected chi connectivity index (χ4v) is 1.86. The van der Waals surface area contributed by atoms with Gasteiger partial charge in [0.15, 0.2) is 0 Å². The Kier molecular flexibility index (Phi) is 16.2. The van der Waals surface area contributed by atoms with E-state index in [1.807, 2.05) is 6.92 Å². The van der Waals surface area contributed by atoms with Gasteiger partial charge in [-0.1, -0.05) is 55.5 Å². The van der Waals surface area contributed by atoms with E-state index in [-0.39, 0.29) is 5.97 Å². The first-order valence-electron chi connectivity index (χ1n) is 8.56. The van der Waals surface area contributed by atoms with Crippen molar-refractivity contribution in [3.05, 3.63) is 48.6 Å². The molecule has 0 heterocycles. The van der Waals surface area contributed by atoms with Crippen LogP contribution in [0.25, 0.3) is 0 Å². The molecule has 0 bridgehead atoms. The normalized spacial score (nSPS) is 12.3. The first-order chi connectivity index (χ1) is 10.8. The van der Waals surface area contributed by atoms with Crippen molar-refractivity contribution in [1.82, 2.24) is 0 Å². The highest BCUT2D eigenvalue weighted by Gasteiger charge is 1.99. The van der Waals surface area contributed by atoms with E-state index in [2.05, 4.69) is 55.5 Å². The lowest BCUT2D eigenvalue weighted by Crippen LogP contribution is -2.02. The average Bonchev–Trinajstić information content (AvgIpc) is 2.51. The van der Waals surface area contributed by atoms with E-state index in [0.717, 1.165) is 44.9 Å². The monoisotopic (exact) mass is 304 g/mol. The summed E-state index contributed by atoms with van der Waals surface area (Å²) in [5.74, 6) is -0.0762. The van der Waals surface area contributed by atoms with Crippen molar-refractivity contribution in [2.24, 2.45) is 0 Å². The summed E-state index contributed by atoms with van der Waals surface area (Å²) in [6.45, 7) is 4.47. The Hall–Kier alpha value is -1.57. The highest BCUT2D eigenvalue weighted by Crippen LogP contribution is 2.03. The molecule has 0 aromatic rings. The van der Waals surface area contributed by atoms with Crippen LogP contribution in [0.5, 0.6) is 0 Å². The van der Waals surface area contributed by atoms with Crippen LogP contribution >= 0.6 is 0 Å². The zero-order valence-corrected chi connectivity index (χ0v) is 14.3. The Labute approximate surface area is 136 Å². The van der Waals surface area contributed by atoms with Crippen molar-refractivity contribution in [2.75, 3.05) is 6.61 Å². The van der Waals surface area contributed by atoms with Gasteiger partial charge in [0.25, 0.3) is 0 Å². The lowest BCUT2D eigenvalue weighted by molar-refractivity contribution is -0.143. The molecule has 0 fully saturated rings. The second-order valence-corrected chi connectivity index (χ2v) is 5.05. The molecule has 0 saturated heterocycles. The SMILES string of the molecule is CC/C=C\CC=CC/C=C\C/C=C\CCCCC(=O)OCC. The van der Waals surface area contributed by atoms with Gasteiger partial charge in [0.05, 0.1) is 6.61 Å². The van der Waals surface area contributed by atoms with Gasteiger partial charge < -0.3 is 4.74 Å². The maximum absolute atomic E-state index is 11.1. The number of rotatable bonds is 13. The summed E-state index contributed by atoms with van der Waals surface area (Å²) in [5.41, 5.74) is 0. The molecule has 0 radical (unpaired) electrons. The topological polar surface area (TPSA) is 26.3 Å². The van der Waals surface area contributed by atoms with Crippen molar-refractivity contribution in [1.29, 1.82) is 0 Å². The second kappa shape index (κ2) is 17.5. The van der Waals surface area contributed by atoms with Gasteiger partial charge in [-0.25, -0.2) is 0 Å². The number of hydrogen-bond acceptors (Lipinski definition) is 2. The molecule has 0 amide bonds. The van der Waals surface area contributed by atoms with Crippen LogP contribution in [-0.4, -0.2) is 12.6 Å². The number of ether oxygens (including phenoxy) is 1. The molecule has 2 heteroatoms. The first-order valence-corrected chi connectivity index (χ1v) is 8.56. The van der Waals surface area contributed by atoms with Crippen molar-refractivity contribution < 1.29 is 9.53 Å². The quantitative estimate of drug-likeness (QED) is 0.240. The number of esters is 1. The van der Waals surface area contributed by atoms with Crippen LogP contribution in [0.2, 0.25) is 0 Å². The lowest BCUT2D eigenvalue weighted by Gasteiger charge is -1.99. The molecule has 0 aliphatic rings. The Morgan fingerprint density at radius 2 is 1.32 bits per heavy atom. The predicted molar refractivity (Wildman–Crippen MR) is 95.8 cm³/mol. The molecule has 0 aliphatic heterocycles. The molecule has 0 atom stereocenters. The summed E-state index contributed by atoms with van der Waals surface area (Å²) in [6.07, 6.45) is 25.3. The molecule has 0 aliphatic carbocycles. The first kappa shape index (κ1) is 20.4. The van der Waals surface area contributed by atoms with Crippen LogP contribution in [0.15, 0.2) is 48.6 Å². The smallest absolute Gasteiger partial charge is 0.305 e. The number of carbonyl (C=O) groups excluding carboxylic acids is 1. The zero-order valence-electron chi connectivity index (χ0n) is 14.3. The third-order valence-electron chi connectivity index (χ3n) is 3.03. The van der Waals surface area contributed by atoms with Gasteiger partial charge in [0, 0.05) is 6.42 Å². The van der Waals surface area contributed by atoms with E-state index in [1.165, 1.54) is 0 Å². The minimum atomic E-state index is -0.0762. The molecule has 0 unspecified atom stereocenters. The fourth-order valence-electron chi connectivity index (χ4n) is 1.86. The van der Waals surface area contributed by atoms with Crippen molar-refractivity contribution in [3.63, 3.8) is 0 Å². The summed E-state index contributed by atoms with van der Waals surface area (Å²) in [4.78, 5) is 11.1. The van der Waals surface area contributed by atoms with Gasteiger partial charge in [-0.3, -0.25) is 4.79 Å². The van der Waals surface area contributed by atoms with Crippen LogP contribution in [0.1, 0.15) is 65.2 Å². The van der Waals surface area contributed by atoms with Crippen LogP contribution in [-0.2, 0) is 9.53 Å². The van der Waals surface area contributed by atoms with E-state index >= 15 is 0 Å². The molecular formula is C20H32O2. The van der Waals surface area contributed by atoms with Gasteiger partial charge >= 0.3 is 5.97 Å². The van der Waals surface area contributed by atoms with Crippen molar-refractivity contribution in [3.8, 4) is 0 Å². The van der Waals surface area contributed by atoms with Gasteiger partial charge in [-0.05, 0) is 51.9 Å². The van der Waals surface area contributed by atoms with Crippen LogP contribution < -0.4 is 0 Å². The number of unbranched alkanes of at least 4 members (excludes halogenated alkanes) is 2. The average molecular weight is 304 g/mol. The summed E-state index contributed by atoms with van der Waals surface area (Å²) in [6, 6.07) is 0. The largest absolute Gasteiger partial charge is 0.466 e. The van der Waals surface area contributed by atoms with Crippen molar-refractivity contribution >= 4 is 5.97 Å². The maximum Gasteiger partial charge on any atom is 0.305 e. The lowest BCUT2D eigenvalue weighted by atomic mass is 10.2. The Morgan fingerprint density at radius 3 is 1.86 bits per heavy atom. The maximum atomic E-state index is 11.1. The molecule has 0 aromatic heterocycles. The van der Waals surface area contributed by atoms with E-state index in [0.29, 0.717) is 13.0 Å². The molecule has 22 heavy (non-hydrogen) atoms. The molecule has 2 nitrogen and oxygen atoms in total. The molecule has 0 N–H and O–H groups in total. The van der Waals surface area contributed by atoms with Crippen LogP contribution in [0.3, 0.4) is 0 Å². The fraction of sp³-hybridized carbons (Fsp3) is 0.550. The highest BCUT2D eigenvalue weighted by atomic mass is 16.5. The van der Waals surface area contributed by atoms with Gasteiger partial charge in [0.2, 0.25) is 0 Å². The Balaban J connectivity index is 3.41. The molecule has 0 rings (SSSR count). The van der Waals surface area contributed by atoms with E-state index < -0.39 is 0 Å².